The lowest BCUT2D eigenvalue weighted by Gasteiger charge is -2.07. The molecular formula is C12H9Cl3N2O. The van der Waals surface area contributed by atoms with Gasteiger partial charge in [0.1, 0.15) is 5.15 Å². The van der Waals surface area contributed by atoms with E-state index in [1.54, 1.807) is 31.4 Å². The molecule has 0 aliphatic heterocycles. The Balaban J connectivity index is 2.56. The van der Waals surface area contributed by atoms with Gasteiger partial charge >= 0.3 is 0 Å². The van der Waals surface area contributed by atoms with Gasteiger partial charge in [-0.3, -0.25) is 0 Å². The summed E-state index contributed by atoms with van der Waals surface area (Å²) in [4.78, 5) is 8.46. The Bertz CT molecular complexity index is 555. The van der Waals surface area contributed by atoms with E-state index in [1.165, 1.54) is 0 Å². The van der Waals surface area contributed by atoms with E-state index in [0.717, 1.165) is 0 Å². The molecule has 0 amide bonds. The molecule has 0 saturated heterocycles. The van der Waals surface area contributed by atoms with Crippen LogP contribution in [0.4, 0.5) is 0 Å². The van der Waals surface area contributed by atoms with Crippen molar-refractivity contribution in [3.8, 4) is 11.4 Å². The molecule has 0 bridgehead atoms. The molecule has 94 valence electrons. The smallest absolute Gasteiger partial charge is 0.164 e. The number of benzene rings is 1. The first-order chi connectivity index (χ1) is 8.61. The van der Waals surface area contributed by atoms with Crippen molar-refractivity contribution in [2.45, 2.75) is 6.61 Å². The van der Waals surface area contributed by atoms with E-state index in [0.29, 0.717) is 38.9 Å². The van der Waals surface area contributed by atoms with Crippen molar-refractivity contribution in [1.29, 1.82) is 0 Å². The highest BCUT2D eigenvalue weighted by Gasteiger charge is 2.13. The maximum atomic E-state index is 6.11. The molecule has 18 heavy (non-hydrogen) atoms. The standard InChI is InChI=1S/C12H9Cl3N2O/c1-18-6-7-5-10(15)17-12(16-7)11-8(13)3-2-4-9(11)14/h2-5H,6H2,1H3. The monoisotopic (exact) mass is 302 g/mol. The molecule has 0 unspecified atom stereocenters. The first kappa shape index (κ1) is 13.6. The average molecular weight is 304 g/mol. The van der Waals surface area contributed by atoms with Crippen LogP contribution in [0.3, 0.4) is 0 Å². The molecule has 6 heteroatoms. The lowest BCUT2D eigenvalue weighted by atomic mass is 10.2. The molecule has 0 spiro atoms. The van der Waals surface area contributed by atoms with Crippen LogP contribution in [0.25, 0.3) is 11.4 Å². The van der Waals surface area contributed by atoms with Crippen molar-refractivity contribution in [2.75, 3.05) is 7.11 Å². The lowest BCUT2D eigenvalue weighted by molar-refractivity contribution is 0.181. The van der Waals surface area contributed by atoms with E-state index < -0.39 is 0 Å². The maximum Gasteiger partial charge on any atom is 0.164 e. The first-order valence-corrected chi connectivity index (χ1v) is 6.22. The van der Waals surface area contributed by atoms with Crippen molar-refractivity contribution in [1.82, 2.24) is 9.97 Å². The number of ether oxygens (including phenoxy) is 1. The predicted molar refractivity (Wildman–Crippen MR) is 73.2 cm³/mol. The Labute approximate surface area is 120 Å². The minimum Gasteiger partial charge on any atom is -0.378 e. The fourth-order valence-electron chi connectivity index (χ4n) is 1.51. The van der Waals surface area contributed by atoms with Gasteiger partial charge in [-0.1, -0.05) is 40.9 Å². The summed E-state index contributed by atoms with van der Waals surface area (Å²) in [5.74, 6) is 0.394. The Morgan fingerprint density at radius 3 is 2.39 bits per heavy atom. The summed E-state index contributed by atoms with van der Waals surface area (Å²) in [5, 5.41) is 1.28. The average Bonchev–Trinajstić information content (AvgIpc) is 2.28. The first-order valence-electron chi connectivity index (χ1n) is 5.08. The lowest BCUT2D eigenvalue weighted by Crippen LogP contribution is -1.98. The molecule has 2 rings (SSSR count). The Morgan fingerprint density at radius 2 is 1.78 bits per heavy atom. The minimum absolute atomic E-state index is 0.322. The van der Waals surface area contributed by atoms with Crippen molar-refractivity contribution in [3.63, 3.8) is 0 Å². The maximum absolute atomic E-state index is 6.11. The summed E-state index contributed by atoms with van der Waals surface area (Å²) < 4.78 is 5.02. The second-order valence-corrected chi connectivity index (χ2v) is 4.74. The second kappa shape index (κ2) is 5.85. The molecule has 2 aromatic rings. The summed E-state index contributed by atoms with van der Waals surface area (Å²) in [6.07, 6.45) is 0. The number of hydrogen-bond acceptors (Lipinski definition) is 3. The Hall–Kier alpha value is -0.870. The summed E-state index contributed by atoms with van der Waals surface area (Å²) in [5.41, 5.74) is 1.24. The number of hydrogen-bond donors (Lipinski definition) is 0. The molecule has 0 aliphatic carbocycles. The van der Waals surface area contributed by atoms with Crippen molar-refractivity contribution in [2.24, 2.45) is 0 Å². The van der Waals surface area contributed by atoms with Crippen LogP contribution < -0.4 is 0 Å². The Kier molecular flexibility index (Phi) is 4.40. The number of halogens is 3. The molecule has 0 fully saturated rings. The van der Waals surface area contributed by atoms with Gasteiger partial charge in [0.25, 0.3) is 0 Å². The van der Waals surface area contributed by atoms with Gasteiger partial charge in [0, 0.05) is 7.11 Å². The SMILES string of the molecule is COCc1cc(Cl)nc(-c2c(Cl)cccc2Cl)n1. The molecule has 3 nitrogen and oxygen atoms in total. The van der Waals surface area contributed by atoms with Gasteiger partial charge < -0.3 is 4.74 Å². The molecular weight excluding hydrogens is 295 g/mol. The van der Waals surface area contributed by atoms with Crippen LogP contribution in [0.5, 0.6) is 0 Å². The van der Waals surface area contributed by atoms with Gasteiger partial charge in [0.2, 0.25) is 0 Å². The van der Waals surface area contributed by atoms with Crippen LogP contribution in [0, 0.1) is 0 Å². The zero-order chi connectivity index (χ0) is 13.1. The molecule has 0 saturated carbocycles. The van der Waals surface area contributed by atoms with E-state index in [9.17, 15) is 0 Å². The van der Waals surface area contributed by atoms with Crippen LogP contribution in [-0.2, 0) is 11.3 Å². The van der Waals surface area contributed by atoms with E-state index >= 15 is 0 Å². The third-order valence-electron chi connectivity index (χ3n) is 2.23. The van der Waals surface area contributed by atoms with Crippen LogP contribution in [-0.4, -0.2) is 17.1 Å². The number of rotatable bonds is 3. The van der Waals surface area contributed by atoms with Gasteiger partial charge in [-0.05, 0) is 18.2 Å². The summed E-state index contributed by atoms with van der Waals surface area (Å²) in [6.45, 7) is 0.345. The summed E-state index contributed by atoms with van der Waals surface area (Å²) in [6, 6.07) is 6.85. The highest BCUT2D eigenvalue weighted by molar-refractivity contribution is 6.39. The van der Waals surface area contributed by atoms with Gasteiger partial charge in [-0.25, -0.2) is 9.97 Å². The van der Waals surface area contributed by atoms with Crippen LogP contribution >= 0.6 is 34.8 Å². The molecule has 0 atom stereocenters. The van der Waals surface area contributed by atoms with E-state index in [1.807, 2.05) is 0 Å². The molecule has 1 aromatic carbocycles. The summed E-state index contributed by atoms with van der Waals surface area (Å²) >= 11 is 18.2. The predicted octanol–water partition coefficient (Wildman–Crippen LogP) is 4.25. The second-order valence-electron chi connectivity index (χ2n) is 3.54. The fraction of sp³-hybridized carbons (Fsp3) is 0.167. The molecule has 1 aromatic heterocycles. The number of methoxy groups -OCH3 is 1. The third-order valence-corrected chi connectivity index (χ3v) is 3.05. The molecule has 0 aliphatic rings. The quantitative estimate of drug-likeness (QED) is 0.795. The zero-order valence-electron chi connectivity index (χ0n) is 9.45. The van der Waals surface area contributed by atoms with Crippen molar-refractivity contribution in [3.05, 3.63) is 45.2 Å². The van der Waals surface area contributed by atoms with E-state index in [2.05, 4.69) is 9.97 Å². The van der Waals surface area contributed by atoms with Gasteiger partial charge in [-0.2, -0.15) is 0 Å². The van der Waals surface area contributed by atoms with Crippen LogP contribution in [0.1, 0.15) is 5.69 Å². The van der Waals surface area contributed by atoms with Gasteiger partial charge in [-0.15, -0.1) is 0 Å². The highest BCUT2D eigenvalue weighted by Crippen LogP contribution is 2.33. The Morgan fingerprint density at radius 1 is 1.11 bits per heavy atom. The largest absolute Gasteiger partial charge is 0.378 e. The zero-order valence-corrected chi connectivity index (χ0v) is 11.7. The van der Waals surface area contributed by atoms with Crippen LogP contribution in [0.2, 0.25) is 15.2 Å². The normalized spacial score (nSPS) is 10.7. The fourth-order valence-corrected chi connectivity index (χ4v) is 2.28. The number of nitrogens with zero attached hydrogens (tertiary/aromatic N) is 2. The summed E-state index contributed by atoms with van der Waals surface area (Å²) in [7, 11) is 1.58. The molecule has 1 heterocycles. The molecule has 0 N–H and O–H groups in total. The third kappa shape index (κ3) is 2.93. The number of aromatic nitrogens is 2. The minimum atomic E-state index is 0.322. The van der Waals surface area contributed by atoms with Crippen molar-refractivity contribution >= 4 is 34.8 Å². The van der Waals surface area contributed by atoms with Crippen molar-refractivity contribution < 1.29 is 4.74 Å². The van der Waals surface area contributed by atoms with E-state index in [4.69, 9.17) is 39.5 Å². The van der Waals surface area contributed by atoms with Gasteiger partial charge in [0.15, 0.2) is 5.82 Å². The molecule has 0 radical (unpaired) electrons. The highest BCUT2D eigenvalue weighted by atomic mass is 35.5. The van der Waals surface area contributed by atoms with E-state index in [-0.39, 0.29) is 0 Å². The van der Waals surface area contributed by atoms with Crippen LogP contribution in [0.15, 0.2) is 24.3 Å². The van der Waals surface area contributed by atoms with Gasteiger partial charge in [0.05, 0.1) is 27.9 Å². The topological polar surface area (TPSA) is 35.0 Å².